The number of piperidine rings is 1. The predicted molar refractivity (Wildman–Crippen MR) is 98.7 cm³/mol. The third-order valence-electron chi connectivity index (χ3n) is 4.89. The van der Waals surface area contributed by atoms with E-state index in [2.05, 4.69) is 21.4 Å². The first-order chi connectivity index (χ1) is 12.3. The summed E-state index contributed by atoms with van der Waals surface area (Å²) in [6.07, 6.45) is 4.93. The second-order valence-electron chi connectivity index (χ2n) is 6.64. The lowest BCUT2D eigenvalue weighted by molar-refractivity contribution is 0.0941. The molecule has 0 saturated carbocycles. The molecule has 1 saturated heterocycles. The third-order valence-corrected chi connectivity index (χ3v) is 5.99. The van der Waals surface area contributed by atoms with Gasteiger partial charge in [-0.2, -0.15) is 0 Å². The largest absolute Gasteiger partial charge is 0.355 e. The molecule has 1 N–H and O–H groups in total. The molecule has 1 aromatic carbocycles. The number of fused-ring (bicyclic) bond motifs is 3. The quantitative estimate of drug-likeness (QED) is 0.829. The van der Waals surface area contributed by atoms with Crippen molar-refractivity contribution in [2.24, 2.45) is 0 Å². The Kier molecular flexibility index (Phi) is 5.08. The molecule has 0 aliphatic carbocycles. The highest BCUT2D eigenvalue weighted by Crippen LogP contribution is 2.42. The molecule has 0 unspecified atom stereocenters. The molecule has 2 aliphatic heterocycles. The highest BCUT2D eigenvalue weighted by molar-refractivity contribution is 7.98. The fourth-order valence-electron chi connectivity index (χ4n) is 3.53. The molecule has 0 atom stereocenters. The zero-order chi connectivity index (χ0) is 17.1. The van der Waals surface area contributed by atoms with E-state index in [-0.39, 0.29) is 5.91 Å². The van der Waals surface area contributed by atoms with Gasteiger partial charge in [0.15, 0.2) is 11.5 Å². The van der Waals surface area contributed by atoms with Crippen LogP contribution in [-0.4, -0.2) is 42.1 Å². The van der Waals surface area contributed by atoms with E-state index in [1.807, 2.05) is 18.2 Å². The number of amides is 1. The molecule has 25 heavy (non-hydrogen) atoms. The normalized spacial score (nSPS) is 17.0. The Morgan fingerprint density at radius 1 is 1.24 bits per heavy atom. The average molecular weight is 357 g/mol. The van der Waals surface area contributed by atoms with Crippen molar-refractivity contribution in [1.29, 1.82) is 0 Å². The van der Waals surface area contributed by atoms with Crippen molar-refractivity contribution in [1.82, 2.24) is 15.4 Å². The first-order valence-electron chi connectivity index (χ1n) is 9.04. The maximum Gasteiger partial charge on any atom is 0.273 e. The fraction of sp³-hybridized carbons (Fsp3) is 0.474. The number of hydrogen-bond acceptors (Lipinski definition) is 5. The van der Waals surface area contributed by atoms with Crippen molar-refractivity contribution in [3.05, 3.63) is 35.5 Å². The lowest BCUT2D eigenvalue weighted by Gasteiger charge is -2.26. The molecule has 1 aromatic heterocycles. The van der Waals surface area contributed by atoms with Gasteiger partial charge >= 0.3 is 0 Å². The lowest BCUT2D eigenvalue weighted by Crippen LogP contribution is -2.33. The van der Waals surface area contributed by atoms with Gasteiger partial charge in [0.1, 0.15) is 0 Å². The molecular formula is C19H23N3O2S. The van der Waals surface area contributed by atoms with E-state index in [0.717, 1.165) is 35.6 Å². The predicted octanol–water partition coefficient (Wildman–Crippen LogP) is 3.55. The van der Waals surface area contributed by atoms with Crippen LogP contribution in [-0.2, 0) is 5.75 Å². The number of benzene rings is 1. The van der Waals surface area contributed by atoms with Crippen LogP contribution in [0, 0.1) is 0 Å². The molecule has 6 heteroatoms. The number of carbonyl (C=O) groups excluding carboxylic acids is 1. The third kappa shape index (κ3) is 3.60. The zero-order valence-corrected chi connectivity index (χ0v) is 15.1. The minimum Gasteiger partial charge on any atom is -0.355 e. The van der Waals surface area contributed by atoms with Gasteiger partial charge in [-0.3, -0.25) is 4.79 Å². The molecule has 2 aliphatic rings. The number of aromatic nitrogens is 1. The van der Waals surface area contributed by atoms with Gasteiger partial charge in [-0.15, -0.1) is 11.8 Å². The van der Waals surface area contributed by atoms with E-state index < -0.39 is 0 Å². The Labute approximate surface area is 152 Å². The van der Waals surface area contributed by atoms with E-state index in [4.69, 9.17) is 4.52 Å². The lowest BCUT2D eigenvalue weighted by atomic mass is 10.1. The molecule has 3 heterocycles. The molecule has 1 amide bonds. The van der Waals surface area contributed by atoms with Crippen LogP contribution in [0.3, 0.4) is 0 Å². The number of nitrogens with one attached hydrogen (secondary N) is 1. The summed E-state index contributed by atoms with van der Waals surface area (Å²) in [4.78, 5) is 16.2. The Balaban J connectivity index is 1.35. The van der Waals surface area contributed by atoms with Gasteiger partial charge < -0.3 is 14.7 Å². The smallest absolute Gasteiger partial charge is 0.273 e. The van der Waals surface area contributed by atoms with E-state index in [9.17, 15) is 4.79 Å². The molecule has 5 nitrogen and oxygen atoms in total. The Hall–Kier alpha value is -1.79. The van der Waals surface area contributed by atoms with E-state index >= 15 is 0 Å². The SMILES string of the molecule is O=C(NCCCN1CCCCC1)c1noc2c1CSc1ccccc1-2. The Morgan fingerprint density at radius 3 is 2.96 bits per heavy atom. The first-order valence-corrected chi connectivity index (χ1v) is 10.0. The van der Waals surface area contributed by atoms with Crippen molar-refractivity contribution >= 4 is 17.7 Å². The van der Waals surface area contributed by atoms with Gasteiger partial charge in [0.2, 0.25) is 0 Å². The summed E-state index contributed by atoms with van der Waals surface area (Å²) in [7, 11) is 0. The van der Waals surface area contributed by atoms with Crippen molar-refractivity contribution in [2.45, 2.75) is 36.3 Å². The van der Waals surface area contributed by atoms with Crippen molar-refractivity contribution in [3.63, 3.8) is 0 Å². The van der Waals surface area contributed by atoms with Gasteiger partial charge in [0, 0.05) is 28.3 Å². The van der Waals surface area contributed by atoms with Crippen LogP contribution in [0.4, 0.5) is 0 Å². The Morgan fingerprint density at radius 2 is 2.08 bits per heavy atom. The standard InChI is InChI=1S/C19H23N3O2S/c23-19(20-9-6-12-22-10-4-1-5-11-22)17-15-13-25-16-8-3-2-7-14(16)18(15)24-21-17/h2-3,7-8H,1,4-6,9-13H2,(H,20,23). The number of likely N-dealkylation sites (tertiary alicyclic amines) is 1. The summed E-state index contributed by atoms with van der Waals surface area (Å²) in [5.41, 5.74) is 2.39. The summed E-state index contributed by atoms with van der Waals surface area (Å²) in [6, 6.07) is 8.10. The summed E-state index contributed by atoms with van der Waals surface area (Å²) >= 11 is 1.73. The first kappa shape index (κ1) is 16.7. The van der Waals surface area contributed by atoms with Gasteiger partial charge in [-0.25, -0.2) is 0 Å². The van der Waals surface area contributed by atoms with Crippen LogP contribution in [0.2, 0.25) is 0 Å². The number of thioether (sulfide) groups is 1. The summed E-state index contributed by atoms with van der Waals surface area (Å²) in [5, 5.41) is 7.06. The Bertz CT molecular complexity index is 753. The fourth-order valence-corrected chi connectivity index (χ4v) is 4.59. The molecule has 0 bridgehead atoms. The topological polar surface area (TPSA) is 58.4 Å². The maximum absolute atomic E-state index is 12.5. The van der Waals surface area contributed by atoms with Crippen molar-refractivity contribution < 1.29 is 9.32 Å². The molecular weight excluding hydrogens is 334 g/mol. The highest BCUT2D eigenvalue weighted by Gasteiger charge is 2.27. The van der Waals surface area contributed by atoms with Gasteiger partial charge in [-0.1, -0.05) is 23.7 Å². The molecule has 1 fully saturated rings. The second kappa shape index (κ2) is 7.62. The molecule has 132 valence electrons. The monoisotopic (exact) mass is 357 g/mol. The highest BCUT2D eigenvalue weighted by atomic mass is 32.2. The van der Waals surface area contributed by atoms with Gasteiger partial charge in [0.05, 0.1) is 0 Å². The molecule has 4 rings (SSSR count). The van der Waals surface area contributed by atoms with Crippen LogP contribution in [0.5, 0.6) is 0 Å². The van der Waals surface area contributed by atoms with Crippen LogP contribution in [0.15, 0.2) is 33.7 Å². The number of carbonyl (C=O) groups is 1. The maximum atomic E-state index is 12.5. The number of rotatable bonds is 5. The zero-order valence-electron chi connectivity index (χ0n) is 14.3. The van der Waals surface area contributed by atoms with Gasteiger partial charge in [-0.05, 0) is 51.0 Å². The van der Waals surface area contributed by atoms with Crippen LogP contribution in [0.25, 0.3) is 11.3 Å². The minimum atomic E-state index is -0.122. The van der Waals surface area contributed by atoms with E-state index in [1.54, 1.807) is 11.8 Å². The number of nitrogens with zero attached hydrogens (tertiary/aromatic N) is 2. The molecule has 0 spiro atoms. The number of hydrogen-bond donors (Lipinski definition) is 1. The average Bonchev–Trinajstić information content (AvgIpc) is 3.10. The summed E-state index contributed by atoms with van der Waals surface area (Å²) in [5.74, 6) is 1.35. The van der Waals surface area contributed by atoms with E-state index in [1.165, 1.54) is 37.2 Å². The van der Waals surface area contributed by atoms with Gasteiger partial charge in [0.25, 0.3) is 5.91 Å². The molecule has 0 radical (unpaired) electrons. The molecule has 2 aromatic rings. The van der Waals surface area contributed by atoms with Crippen LogP contribution in [0.1, 0.15) is 41.7 Å². The second-order valence-corrected chi connectivity index (χ2v) is 7.65. The van der Waals surface area contributed by atoms with Crippen LogP contribution < -0.4 is 5.32 Å². The van der Waals surface area contributed by atoms with E-state index in [0.29, 0.717) is 12.2 Å². The van der Waals surface area contributed by atoms with Crippen molar-refractivity contribution in [3.8, 4) is 11.3 Å². The van der Waals surface area contributed by atoms with Crippen molar-refractivity contribution in [2.75, 3.05) is 26.2 Å². The summed E-state index contributed by atoms with van der Waals surface area (Å²) in [6.45, 7) is 4.13. The minimum absolute atomic E-state index is 0.122. The van der Waals surface area contributed by atoms with Crippen LogP contribution >= 0.6 is 11.8 Å². The summed E-state index contributed by atoms with van der Waals surface area (Å²) < 4.78 is 5.50.